The van der Waals surface area contributed by atoms with E-state index in [0.29, 0.717) is 12.0 Å². The van der Waals surface area contributed by atoms with Crippen LogP contribution in [0.5, 0.6) is 0 Å². The smallest absolute Gasteiger partial charge is 0.0581 e. The molecule has 0 bridgehead atoms. The molecule has 5 rings (SSSR count). The molecule has 3 heterocycles. The van der Waals surface area contributed by atoms with Gasteiger partial charge in [-0.3, -0.25) is 0 Å². The number of aromatic nitrogens is 1. The molecule has 0 amide bonds. The monoisotopic (exact) mass is 357 g/mol. The zero-order valence-electron chi connectivity index (χ0n) is 12.9. The molecule has 3 aromatic rings. The average Bonchev–Trinajstić information content (AvgIpc) is 3.21. The predicted octanol–water partition coefficient (Wildman–Crippen LogP) is 5.29. The van der Waals surface area contributed by atoms with Crippen LogP contribution in [0.15, 0.2) is 42.6 Å². The molecule has 2 aliphatic heterocycles. The minimum absolute atomic E-state index is 0.255. The molecule has 0 aliphatic carbocycles. The van der Waals surface area contributed by atoms with E-state index < -0.39 is 0 Å². The van der Waals surface area contributed by atoms with E-state index >= 15 is 0 Å². The van der Waals surface area contributed by atoms with Gasteiger partial charge in [-0.05, 0) is 60.5 Å². The van der Waals surface area contributed by atoms with Crippen molar-refractivity contribution in [2.45, 2.75) is 18.5 Å². The van der Waals surface area contributed by atoms with Crippen LogP contribution in [0.3, 0.4) is 0 Å². The summed E-state index contributed by atoms with van der Waals surface area (Å²) in [6.07, 6.45) is 3.26. The fourth-order valence-electron chi connectivity index (χ4n) is 4.30. The first-order valence-electron chi connectivity index (χ1n) is 8.26. The number of hydrogen-bond acceptors (Lipinski definition) is 2. The number of fused-ring (bicyclic) bond motifs is 4. The Labute approximate surface area is 150 Å². The molecule has 0 saturated carbocycles. The lowest BCUT2D eigenvalue weighted by atomic mass is 9.80. The zero-order chi connectivity index (χ0) is 16.3. The Kier molecular flexibility index (Phi) is 3.30. The first-order chi connectivity index (χ1) is 11.7. The van der Waals surface area contributed by atoms with Crippen molar-refractivity contribution in [3.63, 3.8) is 0 Å². The van der Waals surface area contributed by atoms with Crippen LogP contribution in [0.25, 0.3) is 10.9 Å². The molecule has 1 fully saturated rings. The predicted molar refractivity (Wildman–Crippen MR) is 100.0 cm³/mol. The maximum atomic E-state index is 6.23. The van der Waals surface area contributed by atoms with E-state index in [1.165, 1.54) is 16.5 Å². The largest absolute Gasteiger partial charge is 0.378 e. The number of H-pyrrole nitrogens is 1. The van der Waals surface area contributed by atoms with E-state index in [0.717, 1.165) is 34.2 Å². The fourth-order valence-corrected chi connectivity index (χ4v) is 4.65. The Morgan fingerprint density at radius 3 is 2.67 bits per heavy atom. The minimum Gasteiger partial charge on any atom is -0.378 e. The van der Waals surface area contributed by atoms with Crippen LogP contribution in [-0.4, -0.2) is 11.5 Å². The quantitative estimate of drug-likeness (QED) is 0.553. The van der Waals surface area contributed by atoms with Gasteiger partial charge in [0, 0.05) is 44.8 Å². The molecule has 2 aromatic carbocycles. The average molecular weight is 358 g/mol. The van der Waals surface area contributed by atoms with Gasteiger partial charge in [0.2, 0.25) is 0 Å². The molecule has 24 heavy (non-hydrogen) atoms. The normalized spacial score (nSPS) is 25.3. The third-order valence-electron chi connectivity index (χ3n) is 5.37. The lowest BCUT2D eigenvalue weighted by Gasteiger charge is -2.37. The number of aromatic amines is 1. The fraction of sp³-hybridized carbons (Fsp3) is 0.263. The molecule has 3 N–H and O–H groups in total. The van der Waals surface area contributed by atoms with Crippen molar-refractivity contribution in [1.82, 2.24) is 10.3 Å². The van der Waals surface area contributed by atoms with Crippen LogP contribution in [0, 0.1) is 5.92 Å². The molecule has 122 valence electrons. The first-order valence-corrected chi connectivity index (χ1v) is 9.02. The number of rotatable bonds is 1. The summed E-state index contributed by atoms with van der Waals surface area (Å²) in [5.41, 5.74) is 4.85. The number of anilines is 1. The highest BCUT2D eigenvalue weighted by Crippen LogP contribution is 2.48. The van der Waals surface area contributed by atoms with Crippen molar-refractivity contribution in [1.29, 1.82) is 0 Å². The number of nitrogens with one attached hydrogen (secondary N) is 3. The Hall–Kier alpha value is -1.68. The van der Waals surface area contributed by atoms with Gasteiger partial charge in [0.15, 0.2) is 0 Å². The lowest BCUT2D eigenvalue weighted by molar-refractivity contribution is 0.392. The molecule has 3 nitrogen and oxygen atoms in total. The summed E-state index contributed by atoms with van der Waals surface area (Å²) in [5, 5.41) is 10.2. The molecule has 3 unspecified atom stereocenters. The molecule has 0 spiro atoms. The van der Waals surface area contributed by atoms with Gasteiger partial charge in [0.1, 0.15) is 0 Å². The maximum absolute atomic E-state index is 6.23. The maximum Gasteiger partial charge on any atom is 0.0581 e. The summed E-state index contributed by atoms with van der Waals surface area (Å²) >= 11 is 12.5. The highest BCUT2D eigenvalue weighted by molar-refractivity contribution is 6.31. The van der Waals surface area contributed by atoms with Gasteiger partial charge >= 0.3 is 0 Å². The summed E-state index contributed by atoms with van der Waals surface area (Å²) in [4.78, 5) is 3.39. The summed E-state index contributed by atoms with van der Waals surface area (Å²) in [6, 6.07) is 12.7. The van der Waals surface area contributed by atoms with E-state index in [4.69, 9.17) is 23.2 Å². The van der Waals surface area contributed by atoms with Crippen molar-refractivity contribution < 1.29 is 0 Å². The number of hydrogen-bond donors (Lipinski definition) is 3. The van der Waals surface area contributed by atoms with Crippen LogP contribution in [0.2, 0.25) is 10.0 Å². The van der Waals surface area contributed by atoms with Crippen molar-refractivity contribution in [2.24, 2.45) is 5.92 Å². The van der Waals surface area contributed by atoms with Crippen LogP contribution >= 0.6 is 23.2 Å². The van der Waals surface area contributed by atoms with Crippen molar-refractivity contribution >= 4 is 39.8 Å². The lowest BCUT2D eigenvalue weighted by Crippen LogP contribution is -2.32. The van der Waals surface area contributed by atoms with E-state index in [1.807, 2.05) is 18.2 Å². The van der Waals surface area contributed by atoms with E-state index in [-0.39, 0.29) is 6.04 Å². The Morgan fingerprint density at radius 2 is 1.75 bits per heavy atom. The van der Waals surface area contributed by atoms with Crippen LogP contribution in [-0.2, 0) is 0 Å². The zero-order valence-corrected chi connectivity index (χ0v) is 14.5. The van der Waals surface area contributed by atoms with Gasteiger partial charge in [0.05, 0.1) is 6.04 Å². The summed E-state index contributed by atoms with van der Waals surface area (Å²) in [6.45, 7) is 1.03. The second-order valence-electron chi connectivity index (χ2n) is 6.67. The van der Waals surface area contributed by atoms with Crippen molar-refractivity contribution in [3.05, 3.63) is 63.8 Å². The van der Waals surface area contributed by atoms with Crippen LogP contribution < -0.4 is 10.6 Å². The standard InChI is InChI=1S/C19H17Cl2N3/c20-10-1-3-16-13(7-10)15(9-23-16)19-12-5-6-22-18(12)14-8-11(21)2-4-17(14)24-19/h1-4,7-9,12,18-19,22-24H,5-6H2. The summed E-state index contributed by atoms with van der Waals surface area (Å²) < 4.78 is 0. The molecule has 2 aliphatic rings. The molecule has 3 atom stereocenters. The van der Waals surface area contributed by atoms with Gasteiger partial charge < -0.3 is 15.6 Å². The van der Waals surface area contributed by atoms with E-state index in [2.05, 4.69) is 40.0 Å². The first kappa shape index (κ1) is 14.6. The molecular formula is C19H17Cl2N3. The van der Waals surface area contributed by atoms with Gasteiger partial charge in [-0.1, -0.05) is 23.2 Å². The molecular weight excluding hydrogens is 341 g/mol. The second kappa shape index (κ2) is 5.41. The van der Waals surface area contributed by atoms with Gasteiger partial charge in [0.25, 0.3) is 0 Å². The van der Waals surface area contributed by atoms with Crippen molar-refractivity contribution in [2.75, 3.05) is 11.9 Å². The van der Waals surface area contributed by atoms with Crippen LogP contribution in [0.1, 0.15) is 29.6 Å². The second-order valence-corrected chi connectivity index (χ2v) is 7.54. The molecule has 5 heteroatoms. The highest BCUT2D eigenvalue weighted by atomic mass is 35.5. The van der Waals surface area contributed by atoms with Gasteiger partial charge in [-0.25, -0.2) is 0 Å². The van der Waals surface area contributed by atoms with E-state index in [9.17, 15) is 0 Å². The molecule has 1 saturated heterocycles. The van der Waals surface area contributed by atoms with Gasteiger partial charge in [-0.2, -0.15) is 0 Å². The third kappa shape index (κ3) is 2.16. The topological polar surface area (TPSA) is 39.9 Å². The van der Waals surface area contributed by atoms with Crippen molar-refractivity contribution in [3.8, 4) is 0 Å². The summed E-state index contributed by atoms with van der Waals surface area (Å²) in [5.74, 6) is 0.494. The van der Waals surface area contributed by atoms with E-state index in [1.54, 1.807) is 0 Å². The highest BCUT2D eigenvalue weighted by Gasteiger charge is 2.41. The minimum atomic E-state index is 0.255. The Bertz CT molecular complexity index is 934. The molecule has 0 radical (unpaired) electrons. The molecule has 1 aromatic heterocycles. The third-order valence-corrected chi connectivity index (χ3v) is 5.84. The number of benzene rings is 2. The summed E-state index contributed by atoms with van der Waals surface area (Å²) in [7, 11) is 0. The van der Waals surface area contributed by atoms with Gasteiger partial charge in [-0.15, -0.1) is 0 Å². The Balaban J connectivity index is 1.65. The SMILES string of the molecule is Clc1ccc2c(c1)C1NCCC1C(c1c[nH]c3ccc(Cl)cc13)N2. The van der Waals surface area contributed by atoms with Crippen LogP contribution in [0.4, 0.5) is 5.69 Å². The Morgan fingerprint density at radius 1 is 0.917 bits per heavy atom. The number of halogens is 2.